The molecule has 1 atom stereocenters. The molecule has 1 heterocycles. The summed E-state index contributed by atoms with van der Waals surface area (Å²) < 4.78 is 22.9. The second-order valence-electron chi connectivity index (χ2n) is 7.90. The Kier molecular flexibility index (Phi) is 8.05. The molecule has 1 aliphatic heterocycles. The lowest BCUT2D eigenvalue weighted by molar-refractivity contribution is -0.923. The summed E-state index contributed by atoms with van der Waals surface area (Å²) in [5.74, 6) is 3.16. The molecule has 6 heteroatoms. The van der Waals surface area contributed by atoms with Crippen LogP contribution in [0.4, 0.5) is 0 Å². The number of fused-ring (bicyclic) bond motifs is 1. The molecule has 1 unspecified atom stereocenters. The summed E-state index contributed by atoms with van der Waals surface area (Å²) in [5, 5.41) is 0. The van der Waals surface area contributed by atoms with E-state index in [9.17, 15) is 0 Å². The number of quaternary nitrogens is 1. The van der Waals surface area contributed by atoms with Gasteiger partial charge >= 0.3 is 0 Å². The fourth-order valence-electron chi connectivity index (χ4n) is 4.25. The first kappa shape index (κ1) is 23.6. The van der Waals surface area contributed by atoms with Gasteiger partial charge in [-0.05, 0) is 41.8 Å². The zero-order valence-corrected chi connectivity index (χ0v) is 20.4. The number of hydrogen-bond acceptors (Lipinski definition) is 4. The van der Waals surface area contributed by atoms with Gasteiger partial charge in [0.1, 0.15) is 6.04 Å². The number of likely N-dealkylation sites (N-methyl/N-ethyl adjacent to an activating group) is 1. The van der Waals surface area contributed by atoms with Crippen molar-refractivity contribution in [3.05, 3.63) is 47.0 Å². The van der Waals surface area contributed by atoms with Crippen molar-refractivity contribution < 1.29 is 47.4 Å². The van der Waals surface area contributed by atoms with Crippen LogP contribution in [0.3, 0.4) is 0 Å². The van der Waals surface area contributed by atoms with Crippen LogP contribution in [-0.2, 0) is 12.8 Å². The highest BCUT2D eigenvalue weighted by atomic mass is 127. The van der Waals surface area contributed by atoms with E-state index in [1.54, 1.807) is 28.4 Å². The van der Waals surface area contributed by atoms with Crippen molar-refractivity contribution in [2.45, 2.75) is 25.3 Å². The highest BCUT2D eigenvalue weighted by Gasteiger charge is 2.36. The molecule has 0 saturated carbocycles. The van der Waals surface area contributed by atoms with Gasteiger partial charge < -0.3 is 47.4 Å². The molecule has 0 radical (unpaired) electrons. The van der Waals surface area contributed by atoms with Gasteiger partial charge in [-0.15, -0.1) is 0 Å². The monoisotopic (exact) mass is 513 g/mol. The number of methoxy groups -OCH3 is 4. The first-order valence-electron chi connectivity index (χ1n) is 9.72. The van der Waals surface area contributed by atoms with E-state index in [2.05, 4.69) is 38.4 Å². The summed E-state index contributed by atoms with van der Waals surface area (Å²) in [4.78, 5) is 0. The SMILES string of the molecule is COc1ccc(CCC2c3cc(OC)c(OC)cc3CC[N+]2(C)C)cc1OC.[I-]. The second-order valence-corrected chi connectivity index (χ2v) is 7.90. The quantitative estimate of drug-likeness (QED) is 0.410. The Hall–Kier alpha value is -1.67. The van der Waals surface area contributed by atoms with Crippen LogP contribution < -0.4 is 42.9 Å². The van der Waals surface area contributed by atoms with E-state index in [4.69, 9.17) is 18.9 Å². The molecule has 0 fully saturated rings. The minimum Gasteiger partial charge on any atom is -1.00 e. The number of aryl methyl sites for hydroxylation is 1. The zero-order valence-electron chi connectivity index (χ0n) is 18.3. The summed E-state index contributed by atoms with van der Waals surface area (Å²) in [7, 11) is 11.4. The number of benzene rings is 2. The third kappa shape index (κ3) is 4.91. The Balaban J connectivity index is 0.00000300. The Morgan fingerprint density at radius 2 is 1.41 bits per heavy atom. The molecule has 2 aromatic rings. The Labute approximate surface area is 191 Å². The van der Waals surface area contributed by atoms with Gasteiger partial charge in [0, 0.05) is 18.4 Å². The van der Waals surface area contributed by atoms with E-state index in [0.717, 1.165) is 53.3 Å². The lowest BCUT2D eigenvalue weighted by Crippen LogP contribution is -3.00. The standard InChI is InChI=1S/C23H32NO4.HI/c1-24(2)12-11-17-14-22(27-5)23(28-6)15-18(17)19(24)9-7-16-8-10-20(25-3)21(13-16)26-4;/h8,10,13-15,19H,7,9,11-12H2,1-6H3;1H/q+1;/p-1. The van der Waals surface area contributed by atoms with Gasteiger partial charge in [-0.3, -0.25) is 0 Å². The average molecular weight is 513 g/mol. The normalized spacial score (nSPS) is 17.0. The van der Waals surface area contributed by atoms with Gasteiger partial charge in [0.15, 0.2) is 23.0 Å². The summed E-state index contributed by atoms with van der Waals surface area (Å²) in [6.45, 7) is 1.11. The number of nitrogens with zero attached hydrogens (tertiary/aromatic N) is 1. The maximum atomic E-state index is 5.58. The van der Waals surface area contributed by atoms with Crippen LogP contribution in [0.2, 0.25) is 0 Å². The van der Waals surface area contributed by atoms with Crippen LogP contribution in [-0.4, -0.2) is 53.6 Å². The van der Waals surface area contributed by atoms with E-state index in [1.165, 1.54) is 16.7 Å². The van der Waals surface area contributed by atoms with E-state index in [1.807, 2.05) is 6.07 Å². The first-order valence-corrected chi connectivity index (χ1v) is 9.72. The molecule has 160 valence electrons. The smallest absolute Gasteiger partial charge is 0.161 e. The van der Waals surface area contributed by atoms with Crippen LogP contribution in [0, 0.1) is 0 Å². The van der Waals surface area contributed by atoms with E-state index >= 15 is 0 Å². The summed E-state index contributed by atoms with van der Waals surface area (Å²) in [5.41, 5.74) is 3.99. The Morgan fingerprint density at radius 3 is 2.03 bits per heavy atom. The highest BCUT2D eigenvalue weighted by molar-refractivity contribution is 5.49. The number of ether oxygens (including phenoxy) is 4. The van der Waals surface area contributed by atoms with Crippen molar-refractivity contribution in [2.75, 3.05) is 49.1 Å². The molecular formula is C23H32INO4. The molecule has 2 aromatic carbocycles. The summed E-state index contributed by atoms with van der Waals surface area (Å²) >= 11 is 0. The zero-order chi connectivity index (χ0) is 20.3. The molecular weight excluding hydrogens is 481 g/mol. The maximum absolute atomic E-state index is 5.58. The Bertz CT molecular complexity index is 838. The second kappa shape index (κ2) is 9.89. The lowest BCUT2D eigenvalue weighted by atomic mass is 9.87. The van der Waals surface area contributed by atoms with Crippen LogP contribution in [0.1, 0.15) is 29.2 Å². The van der Waals surface area contributed by atoms with Crippen LogP contribution >= 0.6 is 0 Å². The van der Waals surface area contributed by atoms with Crippen molar-refractivity contribution >= 4 is 0 Å². The van der Waals surface area contributed by atoms with E-state index in [-0.39, 0.29) is 24.0 Å². The minimum atomic E-state index is 0. The third-order valence-corrected chi connectivity index (χ3v) is 5.96. The summed E-state index contributed by atoms with van der Waals surface area (Å²) in [6.07, 6.45) is 3.07. The lowest BCUT2D eigenvalue weighted by Gasteiger charge is -2.43. The molecule has 0 spiro atoms. The van der Waals surface area contributed by atoms with Crippen molar-refractivity contribution in [3.63, 3.8) is 0 Å². The largest absolute Gasteiger partial charge is 1.00 e. The molecule has 0 amide bonds. The van der Waals surface area contributed by atoms with Gasteiger partial charge in [-0.1, -0.05) is 6.07 Å². The van der Waals surface area contributed by atoms with Gasteiger partial charge in [0.05, 0.1) is 49.1 Å². The number of halogens is 1. The minimum absolute atomic E-state index is 0. The van der Waals surface area contributed by atoms with E-state index < -0.39 is 0 Å². The molecule has 0 saturated heterocycles. The third-order valence-electron chi connectivity index (χ3n) is 5.96. The van der Waals surface area contributed by atoms with Gasteiger partial charge in [0.2, 0.25) is 0 Å². The molecule has 29 heavy (non-hydrogen) atoms. The molecule has 0 N–H and O–H groups in total. The van der Waals surface area contributed by atoms with Crippen molar-refractivity contribution in [3.8, 4) is 23.0 Å². The van der Waals surface area contributed by atoms with Crippen LogP contribution in [0.25, 0.3) is 0 Å². The fourth-order valence-corrected chi connectivity index (χ4v) is 4.25. The molecule has 5 nitrogen and oxygen atoms in total. The van der Waals surface area contributed by atoms with Crippen LogP contribution in [0.5, 0.6) is 23.0 Å². The predicted octanol–water partition coefficient (Wildman–Crippen LogP) is 1.03. The number of hydrogen-bond donors (Lipinski definition) is 0. The Morgan fingerprint density at radius 1 is 0.828 bits per heavy atom. The summed E-state index contributed by atoms with van der Waals surface area (Å²) in [6, 6.07) is 10.9. The highest BCUT2D eigenvalue weighted by Crippen LogP contribution is 2.42. The van der Waals surface area contributed by atoms with Gasteiger partial charge in [-0.25, -0.2) is 0 Å². The maximum Gasteiger partial charge on any atom is 0.161 e. The molecule has 3 rings (SSSR count). The number of rotatable bonds is 7. The molecule has 0 aliphatic carbocycles. The first-order chi connectivity index (χ1) is 13.4. The van der Waals surface area contributed by atoms with Crippen molar-refractivity contribution in [2.24, 2.45) is 0 Å². The molecule has 0 bridgehead atoms. The van der Waals surface area contributed by atoms with Crippen molar-refractivity contribution in [1.29, 1.82) is 0 Å². The van der Waals surface area contributed by atoms with Crippen LogP contribution in [0.15, 0.2) is 30.3 Å². The van der Waals surface area contributed by atoms with Gasteiger partial charge in [-0.2, -0.15) is 0 Å². The van der Waals surface area contributed by atoms with Gasteiger partial charge in [0.25, 0.3) is 0 Å². The molecule has 1 aliphatic rings. The molecule has 0 aromatic heterocycles. The van der Waals surface area contributed by atoms with Crippen molar-refractivity contribution in [1.82, 2.24) is 0 Å². The topological polar surface area (TPSA) is 36.9 Å². The van der Waals surface area contributed by atoms with E-state index in [0.29, 0.717) is 6.04 Å². The fraction of sp³-hybridized carbons (Fsp3) is 0.478. The average Bonchev–Trinajstić information content (AvgIpc) is 2.71. The predicted molar refractivity (Wildman–Crippen MR) is 111 cm³/mol.